The van der Waals surface area contributed by atoms with Crippen LogP contribution < -0.4 is 10.1 Å². The van der Waals surface area contributed by atoms with Crippen LogP contribution in [-0.4, -0.2) is 63.0 Å². The van der Waals surface area contributed by atoms with Crippen LogP contribution in [0.25, 0.3) is 40.0 Å². The number of oxime groups is 1. The highest BCUT2D eigenvalue weighted by Crippen LogP contribution is 2.34. The van der Waals surface area contributed by atoms with Crippen LogP contribution in [-0.2, 0) is 19.2 Å². The number of H-pyrrole nitrogens is 1. The molecule has 0 bridgehead atoms. The highest BCUT2D eigenvalue weighted by Gasteiger charge is 2.28. The van der Waals surface area contributed by atoms with E-state index in [1.54, 1.807) is 24.3 Å². The minimum absolute atomic E-state index is 0.110. The van der Waals surface area contributed by atoms with Crippen LogP contribution in [0.3, 0.4) is 0 Å². The molecule has 53 heavy (non-hydrogen) atoms. The van der Waals surface area contributed by atoms with Crippen LogP contribution in [0.15, 0.2) is 84.0 Å². The van der Waals surface area contributed by atoms with Gasteiger partial charge in [0.15, 0.2) is 6.61 Å². The number of aromatic nitrogens is 2. The van der Waals surface area contributed by atoms with Gasteiger partial charge in [0, 0.05) is 35.7 Å². The molecule has 3 aromatic carbocycles. The summed E-state index contributed by atoms with van der Waals surface area (Å²) in [6.07, 6.45) is 15.1. The minimum Gasteiger partial charge on any atom is -0.482 e. The predicted molar refractivity (Wildman–Crippen MR) is 206 cm³/mol. The molecule has 5 rings (SSSR count). The first-order chi connectivity index (χ1) is 25.8. The molecule has 1 unspecified atom stereocenters. The lowest BCUT2D eigenvalue weighted by molar-refractivity contribution is -0.148. The van der Waals surface area contributed by atoms with E-state index < -0.39 is 24.6 Å². The summed E-state index contributed by atoms with van der Waals surface area (Å²) < 4.78 is 5.32. The molecule has 1 aliphatic rings. The van der Waals surface area contributed by atoms with Crippen LogP contribution in [0, 0.1) is 0 Å². The molecular formula is C42H48N4O7. The van der Waals surface area contributed by atoms with Gasteiger partial charge >= 0.3 is 11.9 Å². The molecule has 4 aromatic rings. The van der Waals surface area contributed by atoms with E-state index in [2.05, 4.69) is 22.4 Å². The lowest BCUT2D eigenvalue weighted by Gasteiger charge is -2.06. The van der Waals surface area contributed by atoms with E-state index in [1.807, 2.05) is 60.7 Å². The highest BCUT2D eigenvalue weighted by atomic mass is 16.7. The number of unbranched alkanes of at least 4 members (excludes halogenated alkanes) is 9. The Balaban J connectivity index is 1.23. The average molecular weight is 721 g/mol. The van der Waals surface area contributed by atoms with E-state index in [4.69, 9.17) is 19.7 Å². The zero-order valence-electron chi connectivity index (χ0n) is 30.2. The summed E-state index contributed by atoms with van der Waals surface area (Å²) in [6, 6.07) is 22.4. The van der Waals surface area contributed by atoms with E-state index in [-0.39, 0.29) is 12.3 Å². The van der Waals surface area contributed by atoms with Gasteiger partial charge in [-0.05, 0) is 47.9 Å². The van der Waals surface area contributed by atoms with Gasteiger partial charge in [-0.3, -0.25) is 4.79 Å². The van der Waals surface area contributed by atoms with Crippen molar-refractivity contribution < 1.29 is 34.2 Å². The molecule has 0 spiro atoms. The van der Waals surface area contributed by atoms with Gasteiger partial charge < -0.3 is 30.1 Å². The van der Waals surface area contributed by atoms with Gasteiger partial charge in [-0.25, -0.2) is 14.6 Å². The van der Waals surface area contributed by atoms with Crippen LogP contribution in [0.4, 0.5) is 0 Å². The van der Waals surface area contributed by atoms with Crippen molar-refractivity contribution in [2.45, 2.75) is 83.7 Å². The largest absolute Gasteiger partial charge is 0.482 e. The van der Waals surface area contributed by atoms with Crippen molar-refractivity contribution in [1.29, 1.82) is 0 Å². The van der Waals surface area contributed by atoms with E-state index in [0.717, 1.165) is 46.4 Å². The number of nitrogens with one attached hydrogen (secondary N) is 2. The summed E-state index contributed by atoms with van der Waals surface area (Å²) in [5.74, 6) is -1.18. The first-order valence-electron chi connectivity index (χ1n) is 18.5. The number of aromatic amines is 1. The Hall–Kier alpha value is -5.71. The zero-order chi connectivity index (χ0) is 37.4. The number of aliphatic carboxylic acids is 2. The number of imidazole rings is 1. The van der Waals surface area contributed by atoms with Gasteiger partial charge in [-0.2, -0.15) is 0 Å². The van der Waals surface area contributed by atoms with Gasteiger partial charge in [-0.1, -0.05) is 118 Å². The van der Waals surface area contributed by atoms with Crippen molar-refractivity contribution in [2.75, 3.05) is 13.2 Å². The second kappa shape index (κ2) is 19.8. The molecule has 0 saturated carbocycles. The molecular weight excluding hydrogens is 672 g/mol. The second-order valence-corrected chi connectivity index (χ2v) is 13.2. The Morgan fingerprint density at radius 1 is 0.811 bits per heavy atom. The van der Waals surface area contributed by atoms with E-state index in [1.165, 1.54) is 51.4 Å². The third-order valence-corrected chi connectivity index (χ3v) is 9.09. The summed E-state index contributed by atoms with van der Waals surface area (Å²) in [4.78, 5) is 48.1. The number of hydrogen-bond acceptors (Lipinski definition) is 7. The van der Waals surface area contributed by atoms with Crippen LogP contribution in [0.2, 0.25) is 0 Å². The Morgan fingerprint density at radius 2 is 1.42 bits per heavy atom. The summed E-state index contributed by atoms with van der Waals surface area (Å²) in [7, 11) is 0. The van der Waals surface area contributed by atoms with E-state index in [0.29, 0.717) is 29.5 Å². The minimum atomic E-state index is -1.06. The molecule has 278 valence electrons. The number of ether oxygens (including phenoxy) is 1. The van der Waals surface area contributed by atoms with Crippen molar-refractivity contribution in [3.63, 3.8) is 0 Å². The molecule has 0 radical (unpaired) electrons. The number of amides is 1. The van der Waals surface area contributed by atoms with Gasteiger partial charge in [0.25, 0.3) is 0 Å². The number of carbonyl (C=O) groups is 3. The number of benzene rings is 3. The first-order valence-corrected chi connectivity index (χ1v) is 18.5. The lowest BCUT2D eigenvalue weighted by atomic mass is 10.0. The molecule has 2 heterocycles. The van der Waals surface area contributed by atoms with E-state index >= 15 is 0 Å². The molecule has 1 atom stereocenters. The lowest BCUT2D eigenvalue weighted by Crippen LogP contribution is -2.21. The van der Waals surface area contributed by atoms with Crippen molar-refractivity contribution in [3.8, 4) is 39.7 Å². The maximum Gasteiger partial charge on any atom is 0.348 e. The van der Waals surface area contributed by atoms with Crippen molar-refractivity contribution in [1.82, 2.24) is 15.3 Å². The van der Waals surface area contributed by atoms with E-state index in [9.17, 15) is 19.5 Å². The fourth-order valence-corrected chi connectivity index (χ4v) is 6.10. The molecule has 11 heteroatoms. The highest BCUT2D eigenvalue weighted by molar-refractivity contribution is 6.03. The number of carboxylic acid groups (broad SMARTS) is 2. The average Bonchev–Trinajstić information content (AvgIpc) is 3.85. The number of carbonyl (C=O) groups excluding carboxylic acids is 1. The Morgan fingerprint density at radius 3 is 2.04 bits per heavy atom. The molecule has 4 N–H and O–H groups in total. The second-order valence-electron chi connectivity index (χ2n) is 13.2. The van der Waals surface area contributed by atoms with Crippen molar-refractivity contribution >= 4 is 29.6 Å². The molecule has 0 saturated heterocycles. The summed E-state index contributed by atoms with van der Waals surface area (Å²) in [5, 5.41) is 25.1. The zero-order valence-corrected chi connectivity index (χ0v) is 30.2. The number of hydrogen-bond donors (Lipinski definition) is 4. The van der Waals surface area contributed by atoms with Crippen molar-refractivity contribution in [3.05, 3.63) is 90.0 Å². The number of nitrogens with zero attached hydrogens (tertiary/aromatic N) is 2. The van der Waals surface area contributed by atoms with Gasteiger partial charge in [0.05, 0.1) is 17.1 Å². The number of carboxylic acids is 2. The SMILES string of the molecule is CCCCCCCCCCCCNC(=O)C=Cc1ccc(-c2[nH]c(-c3ccc(C4=NOC(C(=O)O)C4)cc3)nc2-c2ccc(OCC(=O)O)cc2)cc1. The normalized spacial score (nSPS) is 13.8. The number of rotatable bonds is 21. The third-order valence-electron chi connectivity index (χ3n) is 9.09. The monoisotopic (exact) mass is 720 g/mol. The Kier molecular flexibility index (Phi) is 14.4. The molecule has 1 amide bonds. The van der Waals surface area contributed by atoms with Gasteiger partial charge in [0.2, 0.25) is 12.0 Å². The predicted octanol–water partition coefficient (Wildman–Crippen LogP) is 8.50. The van der Waals surface area contributed by atoms with Crippen LogP contribution in [0.5, 0.6) is 5.75 Å². The summed E-state index contributed by atoms with van der Waals surface area (Å²) >= 11 is 0. The summed E-state index contributed by atoms with van der Waals surface area (Å²) in [5.41, 5.74) is 6.13. The molecule has 1 aromatic heterocycles. The molecule has 1 aliphatic heterocycles. The first kappa shape index (κ1) is 38.5. The van der Waals surface area contributed by atoms with Gasteiger partial charge in [0.1, 0.15) is 11.6 Å². The smallest absolute Gasteiger partial charge is 0.348 e. The van der Waals surface area contributed by atoms with Gasteiger partial charge in [-0.15, -0.1) is 0 Å². The fraction of sp³-hybridized carbons (Fsp3) is 0.357. The third kappa shape index (κ3) is 11.6. The fourth-order valence-electron chi connectivity index (χ4n) is 6.10. The summed E-state index contributed by atoms with van der Waals surface area (Å²) in [6.45, 7) is 2.48. The molecule has 0 fully saturated rings. The maximum atomic E-state index is 12.5. The maximum absolute atomic E-state index is 12.5. The van der Waals surface area contributed by atoms with Crippen LogP contribution in [0.1, 0.15) is 88.7 Å². The van der Waals surface area contributed by atoms with Crippen LogP contribution >= 0.6 is 0 Å². The quantitative estimate of drug-likeness (QED) is 0.0492. The Labute approximate surface area is 310 Å². The molecule has 0 aliphatic carbocycles. The molecule has 11 nitrogen and oxygen atoms in total. The standard InChI is InChI=1S/C42H48N4O7/c1-2-3-4-5-6-7-8-9-10-11-26-43-37(47)25-14-29-12-15-31(16-13-29)39-40(32-21-23-34(24-22-32)52-28-38(48)49)45-41(44-39)33-19-17-30(18-20-33)35-27-36(42(50)51)53-46-35/h12-25,36H,2-11,26-28H2,1H3,(H,43,47)(H,44,45)(H,48,49)(H,50,51). The topological polar surface area (TPSA) is 163 Å². The Bertz CT molecular complexity index is 1860. The van der Waals surface area contributed by atoms with Crippen molar-refractivity contribution in [2.24, 2.45) is 5.16 Å².